The molecule has 0 unspecified atom stereocenters. The molecule has 1 amide bonds. The Morgan fingerprint density at radius 1 is 1.30 bits per heavy atom. The average Bonchev–Trinajstić information content (AvgIpc) is 2.52. The van der Waals surface area contributed by atoms with E-state index < -0.39 is 0 Å². The number of carbonyl (C=O) groups excluding carboxylic acids is 1. The van der Waals surface area contributed by atoms with Gasteiger partial charge in [0, 0.05) is 39.3 Å². The van der Waals surface area contributed by atoms with Crippen LogP contribution in [0, 0.1) is 5.92 Å². The van der Waals surface area contributed by atoms with Crippen molar-refractivity contribution >= 4 is 17.3 Å². The number of hydrogen-bond acceptors (Lipinski definition) is 4. The molecule has 1 aromatic rings. The summed E-state index contributed by atoms with van der Waals surface area (Å²) in [5.41, 5.74) is 8.32. The van der Waals surface area contributed by atoms with E-state index in [0.29, 0.717) is 11.4 Å². The van der Waals surface area contributed by atoms with Gasteiger partial charge in [-0.15, -0.1) is 0 Å². The van der Waals surface area contributed by atoms with Gasteiger partial charge in [0.1, 0.15) is 0 Å². The van der Waals surface area contributed by atoms with Crippen molar-refractivity contribution in [1.82, 2.24) is 9.80 Å². The van der Waals surface area contributed by atoms with Gasteiger partial charge >= 0.3 is 0 Å². The normalized spacial score (nSPS) is 16.5. The van der Waals surface area contributed by atoms with Gasteiger partial charge in [-0.05, 0) is 29.7 Å². The standard InChI is InChI=1S/C18H28N4O/c1-4-18(23)20-17-11-15(5-6-16(17)19)13-22-9-7-21(8-10-22)12-14(2)3/h4-6,11,14H,1,7-10,12-13,19H2,2-3H3,(H,20,23). The number of nitrogen functional groups attached to an aromatic ring is 1. The van der Waals surface area contributed by atoms with Crippen LogP contribution in [-0.2, 0) is 11.3 Å². The van der Waals surface area contributed by atoms with Gasteiger partial charge < -0.3 is 16.0 Å². The van der Waals surface area contributed by atoms with Crippen molar-refractivity contribution in [3.8, 4) is 0 Å². The number of anilines is 2. The lowest BCUT2D eigenvalue weighted by Gasteiger charge is -2.35. The highest BCUT2D eigenvalue weighted by molar-refractivity contribution is 6.00. The minimum Gasteiger partial charge on any atom is -0.397 e. The molecule has 1 aliphatic rings. The molecule has 2 rings (SSSR count). The van der Waals surface area contributed by atoms with E-state index in [1.54, 1.807) is 0 Å². The second-order valence-corrected chi connectivity index (χ2v) is 6.59. The molecule has 1 fully saturated rings. The Morgan fingerprint density at radius 2 is 1.96 bits per heavy atom. The lowest BCUT2D eigenvalue weighted by molar-refractivity contribution is -0.111. The molecule has 0 aromatic heterocycles. The molecule has 5 nitrogen and oxygen atoms in total. The number of nitrogens with two attached hydrogens (primary N) is 1. The summed E-state index contributed by atoms with van der Waals surface area (Å²) in [6, 6.07) is 5.83. The number of hydrogen-bond donors (Lipinski definition) is 2. The summed E-state index contributed by atoms with van der Waals surface area (Å²) in [7, 11) is 0. The number of benzene rings is 1. The first-order valence-electron chi connectivity index (χ1n) is 8.24. The SMILES string of the molecule is C=CC(=O)Nc1cc(CN2CCN(CC(C)C)CC2)ccc1N. The van der Waals surface area contributed by atoms with Gasteiger partial charge in [0.25, 0.3) is 0 Å². The molecule has 3 N–H and O–H groups in total. The second kappa shape index (κ2) is 8.13. The van der Waals surface area contributed by atoms with Gasteiger partial charge in [0.2, 0.25) is 5.91 Å². The summed E-state index contributed by atoms with van der Waals surface area (Å²) in [5, 5.41) is 2.76. The fourth-order valence-electron chi connectivity index (χ4n) is 2.90. The van der Waals surface area contributed by atoms with Gasteiger partial charge in [-0.2, -0.15) is 0 Å². The molecule has 0 aliphatic carbocycles. The zero-order valence-electron chi connectivity index (χ0n) is 14.2. The summed E-state index contributed by atoms with van der Waals surface area (Å²) >= 11 is 0. The fraction of sp³-hybridized carbons (Fsp3) is 0.500. The van der Waals surface area contributed by atoms with Crippen LogP contribution in [0.1, 0.15) is 19.4 Å². The minimum atomic E-state index is -0.240. The number of nitrogens with one attached hydrogen (secondary N) is 1. The van der Waals surface area contributed by atoms with E-state index >= 15 is 0 Å². The Hall–Kier alpha value is -1.85. The number of carbonyl (C=O) groups is 1. The van der Waals surface area contributed by atoms with Crippen molar-refractivity contribution < 1.29 is 4.79 Å². The predicted molar refractivity (Wildman–Crippen MR) is 96.2 cm³/mol. The van der Waals surface area contributed by atoms with Crippen molar-refractivity contribution in [2.75, 3.05) is 43.8 Å². The predicted octanol–water partition coefficient (Wildman–Crippen LogP) is 2.17. The first kappa shape index (κ1) is 17.5. The highest BCUT2D eigenvalue weighted by atomic mass is 16.1. The van der Waals surface area contributed by atoms with Crippen molar-refractivity contribution in [1.29, 1.82) is 0 Å². The molecule has 0 saturated carbocycles. The van der Waals surface area contributed by atoms with Crippen LogP contribution in [0.2, 0.25) is 0 Å². The Bertz CT molecular complexity index is 548. The van der Waals surface area contributed by atoms with Gasteiger partial charge in [0.05, 0.1) is 11.4 Å². The Kier molecular flexibility index (Phi) is 6.19. The highest BCUT2D eigenvalue weighted by Gasteiger charge is 2.17. The zero-order chi connectivity index (χ0) is 16.8. The monoisotopic (exact) mass is 316 g/mol. The van der Waals surface area contributed by atoms with Gasteiger partial charge in [-0.1, -0.05) is 26.5 Å². The van der Waals surface area contributed by atoms with E-state index in [0.717, 1.165) is 44.2 Å². The van der Waals surface area contributed by atoms with Crippen LogP contribution in [0.15, 0.2) is 30.9 Å². The zero-order valence-corrected chi connectivity index (χ0v) is 14.2. The van der Waals surface area contributed by atoms with Crippen LogP contribution >= 0.6 is 0 Å². The van der Waals surface area contributed by atoms with Crippen molar-refractivity contribution in [2.45, 2.75) is 20.4 Å². The molecule has 0 bridgehead atoms. The number of nitrogens with zero attached hydrogens (tertiary/aromatic N) is 2. The summed E-state index contributed by atoms with van der Waals surface area (Å²) in [6.45, 7) is 14.4. The van der Waals surface area contributed by atoms with E-state index in [1.165, 1.54) is 12.6 Å². The maximum atomic E-state index is 11.5. The van der Waals surface area contributed by atoms with Crippen molar-refractivity contribution in [3.05, 3.63) is 36.4 Å². The minimum absolute atomic E-state index is 0.240. The largest absolute Gasteiger partial charge is 0.397 e. The van der Waals surface area contributed by atoms with E-state index in [4.69, 9.17) is 5.73 Å². The molecule has 1 heterocycles. The molecule has 0 spiro atoms. The third-order valence-corrected chi connectivity index (χ3v) is 4.06. The molecule has 1 saturated heterocycles. The first-order valence-corrected chi connectivity index (χ1v) is 8.24. The maximum Gasteiger partial charge on any atom is 0.247 e. The number of amides is 1. The Balaban J connectivity index is 1.92. The third kappa shape index (κ3) is 5.37. The van der Waals surface area contributed by atoms with Crippen molar-refractivity contribution in [2.24, 2.45) is 5.92 Å². The van der Waals surface area contributed by atoms with E-state index in [9.17, 15) is 4.79 Å². The summed E-state index contributed by atoms with van der Waals surface area (Å²) < 4.78 is 0. The molecule has 0 radical (unpaired) electrons. The molecule has 0 atom stereocenters. The van der Waals surface area contributed by atoms with Gasteiger partial charge in [-0.25, -0.2) is 0 Å². The summed E-state index contributed by atoms with van der Waals surface area (Å²) in [6.07, 6.45) is 1.25. The molecule has 23 heavy (non-hydrogen) atoms. The quantitative estimate of drug-likeness (QED) is 0.624. The molecular formula is C18H28N4O. The van der Waals surface area contributed by atoms with Crippen LogP contribution in [-0.4, -0.2) is 48.4 Å². The molecule has 126 valence electrons. The van der Waals surface area contributed by atoms with Gasteiger partial charge in [-0.3, -0.25) is 9.69 Å². The fourth-order valence-corrected chi connectivity index (χ4v) is 2.90. The second-order valence-electron chi connectivity index (χ2n) is 6.59. The number of piperazine rings is 1. The lowest BCUT2D eigenvalue weighted by Crippen LogP contribution is -2.46. The van der Waals surface area contributed by atoms with Crippen molar-refractivity contribution in [3.63, 3.8) is 0 Å². The van der Waals surface area contributed by atoms with Crippen LogP contribution in [0.4, 0.5) is 11.4 Å². The summed E-state index contributed by atoms with van der Waals surface area (Å²) in [4.78, 5) is 16.4. The number of rotatable bonds is 6. The van der Waals surface area contributed by atoms with Crippen LogP contribution < -0.4 is 11.1 Å². The highest BCUT2D eigenvalue weighted by Crippen LogP contribution is 2.21. The topological polar surface area (TPSA) is 61.6 Å². The van der Waals surface area contributed by atoms with Gasteiger partial charge in [0.15, 0.2) is 0 Å². The molecular weight excluding hydrogens is 288 g/mol. The maximum absolute atomic E-state index is 11.5. The van der Waals surface area contributed by atoms with E-state index in [2.05, 4.69) is 35.5 Å². The van der Waals surface area contributed by atoms with Crippen LogP contribution in [0.3, 0.4) is 0 Å². The van der Waals surface area contributed by atoms with E-state index in [-0.39, 0.29) is 5.91 Å². The Morgan fingerprint density at radius 3 is 2.57 bits per heavy atom. The smallest absolute Gasteiger partial charge is 0.247 e. The van der Waals surface area contributed by atoms with Crippen LogP contribution in [0.5, 0.6) is 0 Å². The Labute approximate surface area is 139 Å². The van der Waals surface area contributed by atoms with E-state index in [1.807, 2.05) is 18.2 Å². The lowest BCUT2D eigenvalue weighted by atomic mass is 10.1. The summed E-state index contributed by atoms with van der Waals surface area (Å²) in [5.74, 6) is 0.478. The third-order valence-electron chi connectivity index (χ3n) is 4.06. The molecule has 5 heteroatoms. The average molecular weight is 316 g/mol. The van der Waals surface area contributed by atoms with Crippen LogP contribution in [0.25, 0.3) is 0 Å². The molecule has 1 aliphatic heterocycles. The first-order chi connectivity index (χ1) is 11.0. The molecule has 1 aromatic carbocycles.